The van der Waals surface area contributed by atoms with E-state index in [4.69, 9.17) is 32.7 Å². The van der Waals surface area contributed by atoms with E-state index in [-0.39, 0.29) is 35.0 Å². The van der Waals surface area contributed by atoms with Crippen molar-refractivity contribution in [1.29, 1.82) is 0 Å². The molecule has 0 bridgehead atoms. The van der Waals surface area contributed by atoms with Gasteiger partial charge in [0, 0.05) is 24.4 Å². The fraction of sp³-hybridized carbons (Fsp3) is 0.421. The summed E-state index contributed by atoms with van der Waals surface area (Å²) in [4.78, 5) is 22.9. The minimum absolute atomic E-state index is 0.0179. The van der Waals surface area contributed by atoms with Crippen molar-refractivity contribution in [3.05, 3.63) is 56.9 Å². The maximum absolute atomic E-state index is 11.8. The van der Waals surface area contributed by atoms with Gasteiger partial charge in [0.2, 0.25) is 10.8 Å². The molecule has 1 N–H and O–H groups in total. The Morgan fingerprint density at radius 2 is 2.00 bits per heavy atom. The molecule has 4 atom stereocenters. The highest BCUT2D eigenvalue weighted by Crippen LogP contribution is 2.51. The van der Waals surface area contributed by atoms with Crippen LogP contribution in [0, 0.1) is 0 Å². The Balaban J connectivity index is 1.61. The van der Waals surface area contributed by atoms with Crippen molar-refractivity contribution in [2.45, 2.75) is 50.2 Å². The first-order valence-electron chi connectivity index (χ1n) is 9.06. The lowest BCUT2D eigenvalue weighted by Gasteiger charge is -2.24. The highest BCUT2D eigenvalue weighted by Gasteiger charge is 2.55. The van der Waals surface area contributed by atoms with Crippen LogP contribution in [0.5, 0.6) is 0 Å². The van der Waals surface area contributed by atoms with Gasteiger partial charge in [-0.3, -0.25) is 4.79 Å². The van der Waals surface area contributed by atoms with Crippen LogP contribution in [0.3, 0.4) is 0 Å². The Labute approximate surface area is 170 Å². The summed E-state index contributed by atoms with van der Waals surface area (Å²) in [5.41, 5.74) is 1.46. The minimum Gasteiger partial charge on any atom is -0.344 e. The molecule has 1 aliphatic heterocycles. The van der Waals surface area contributed by atoms with Crippen LogP contribution >= 0.6 is 23.2 Å². The van der Waals surface area contributed by atoms with Crippen molar-refractivity contribution in [1.82, 2.24) is 19.5 Å². The molecule has 1 saturated carbocycles. The molecule has 5 rings (SSSR count). The predicted octanol–water partition coefficient (Wildman–Crippen LogP) is 3.68. The lowest BCUT2D eigenvalue weighted by atomic mass is 9.96. The van der Waals surface area contributed by atoms with Crippen LogP contribution in [-0.2, 0) is 9.47 Å². The molecule has 3 aromatic heterocycles. The summed E-state index contributed by atoms with van der Waals surface area (Å²) in [6.45, 7) is 3.81. The topological polar surface area (TPSA) is 82.0 Å². The highest BCUT2D eigenvalue weighted by atomic mass is 35.5. The van der Waals surface area contributed by atoms with Gasteiger partial charge in [-0.2, -0.15) is 4.98 Å². The van der Waals surface area contributed by atoms with Gasteiger partial charge in [0.15, 0.2) is 5.79 Å². The Kier molecular flexibility index (Phi) is 4.07. The largest absolute Gasteiger partial charge is 0.344 e. The molecule has 146 valence electrons. The number of nitrogens with zero attached hydrogens (tertiary/aromatic N) is 3. The van der Waals surface area contributed by atoms with Crippen LogP contribution in [-0.4, -0.2) is 37.5 Å². The Morgan fingerprint density at radius 1 is 1.21 bits per heavy atom. The predicted molar refractivity (Wildman–Crippen MR) is 105 cm³/mol. The fourth-order valence-electron chi connectivity index (χ4n) is 4.48. The van der Waals surface area contributed by atoms with Gasteiger partial charge in [-0.15, -0.1) is 0 Å². The molecule has 0 spiro atoms. The molecule has 9 heteroatoms. The molecule has 2 fully saturated rings. The summed E-state index contributed by atoms with van der Waals surface area (Å²) in [6, 6.07) is 5.38. The molecular weight excluding hydrogens is 403 g/mol. The van der Waals surface area contributed by atoms with E-state index >= 15 is 0 Å². The summed E-state index contributed by atoms with van der Waals surface area (Å²) in [5, 5.41) is 1.15. The van der Waals surface area contributed by atoms with Gasteiger partial charge in [0.05, 0.1) is 17.5 Å². The van der Waals surface area contributed by atoms with Gasteiger partial charge < -0.3 is 19.0 Å². The number of hydrogen-bond donors (Lipinski definition) is 1. The van der Waals surface area contributed by atoms with Crippen LogP contribution in [0.15, 0.2) is 35.4 Å². The molecule has 0 aromatic carbocycles. The molecule has 2 aliphatic rings. The minimum atomic E-state index is -0.708. The Morgan fingerprint density at radius 3 is 2.79 bits per heavy atom. The third-order valence-corrected chi connectivity index (χ3v) is 5.97. The van der Waals surface area contributed by atoms with Gasteiger partial charge in [-0.1, -0.05) is 11.6 Å². The van der Waals surface area contributed by atoms with E-state index in [1.807, 2.05) is 36.7 Å². The Bertz CT molecular complexity index is 1130. The number of aromatic nitrogens is 4. The number of aromatic amines is 1. The van der Waals surface area contributed by atoms with E-state index in [1.54, 1.807) is 12.3 Å². The maximum atomic E-state index is 11.8. The van der Waals surface area contributed by atoms with E-state index in [1.165, 1.54) is 0 Å². The second kappa shape index (κ2) is 6.29. The highest BCUT2D eigenvalue weighted by molar-refractivity contribution is 6.35. The fourth-order valence-corrected chi connectivity index (χ4v) is 4.92. The van der Waals surface area contributed by atoms with Gasteiger partial charge in [0.25, 0.3) is 0 Å². The SMILES string of the molecule is CC1(C)O[C@@H]2[C@H](O1)[C@@H](c1cc[nH]c(=O)c1)C[C@H]2n1ccc2c(Cl)nc(Cl)nc21. The molecule has 0 unspecified atom stereocenters. The van der Waals surface area contributed by atoms with E-state index in [0.29, 0.717) is 10.8 Å². The zero-order chi connectivity index (χ0) is 19.6. The molecular formula is C19H18Cl2N4O3. The van der Waals surface area contributed by atoms with Gasteiger partial charge in [-0.25, -0.2) is 4.98 Å². The first kappa shape index (κ1) is 18.1. The van der Waals surface area contributed by atoms with Gasteiger partial charge in [-0.05, 0) is 49.6 Å². The first-order valence-corrected chi connectivity index (χ1v) is 9.82. The molecule has 1 aliphatic carbocycles. The van der Waals surface area contributed by atoms with Crippen molar-refractivity contribution in [3.63, 3.8) is 0 Å². The third-order valence-electron chi connectivity index (χ3n) is 5.52. The quantitative estimate of drug-likeness (QED) is 0.504. The second-order valence-corrected chi connectivity index (χ2v) is 8.40. The second-order valence-electron chi connectivity index (χ2n) is 7.70. The van der Waals surface area contributed by atoms with E-state index < -0.39 is 5.79 Å². The molecule has 3 aromatic rings. The molecule has 1 saturated heterocycles. The molecule has 28 heavy (non-hydrogen) atoms. The number of hydrogen-bond acceptors (Lipinski definition) is 5. The number of pyridine rings is 1. The lowest BCUT2D eigenvalue weighted by Crippen LogP contribution is -2.27. The van der Waals surface area contributed by atoms with Crippen LogP contribution in [0.4, 0.5) is 0 Å². The monoisotopic (exact) mass is 420 g/mol. The number of ether oxygens (including phenoxy) is 2. The van der Waals surface area contributed by atoms with Crippen LogP contribution in [0.1, 0.15) is 37.8 Å². The lowest BCUT2D eigenvalue weighted by molar-refractivity contribution is -0.157. The third kappa shape index (κ3) is 2.85. The zero-order valence-corrected chi connectivity index (χ0v) is 16.7. The van der Waals surface area contributed by atoms with Crippen molar-refractivity contribution in [3.8, 4) is 0 Å². The van der Waals surface area contributed by atoms with Crippen LogP contribution < -0.4 is 5.56 Å². The number of H-pyrrole nitrogens is 1. The standard InChI is InChI=1S/C19H18Cl2N4O3/c1-19(2)27-14-11(9-3-5-22-13(26)7-9)8-12(15(14)28-19)25-6-4-10-16(20)23-18(21)24-17(10)25/h3-7,11-12,14-15H,8H2,1-2H3,(H,22,26)/t11-,12-,14-,15+/m1/s1. The summed E-state index contributed by atoms with van der Waals surface area (Å²) >= 11 is 12.3. The van der Waals surface area contributed by atoms with Crippen LogP contribution in [0.2, 0.25) is 10.4 Å². The Hall–Kier alpha value is -1.93. The van der Waals surface area contributed by atoms with Gasteiger partial charge >= 0.3 is 0 Å². The summed E-state index contributed by atoms with van der Waals surface area (Å²) in [7, 11) is 0. The van der Waals surface area contributed by atoms with Crippen molar-refractivity contribution >= 4 is 34.2 Å². The molecule has 7 nitrogen and oxygen atoms in total. The number of fused-ring (bicyclic) bond motifs is 2. The molecule has 0 amide bonds. The molecule has 0 radical (unpaired) electrons. The first-order chi connectivity index (χ1) is 13.3. The zero-order valence-electron chi connectivity index (χ0n) is 15.2. The van der Waals surface area contributed by atoms with E-state index in [2.05, 4.69) is 15.0 Å². The summed E-state index contributed by atoms with van der Waals surface area (Å²) < 4.78 is 14.5. The maximum Gasteiger partial charge on any atom is 0.248 e. The van der Waals surface area contributed by atoms with E-state index in [9.17, 15) is 4.79 Å². The number of nitrogens with one attached hydrogen (secondary N) is 1. The average molecular weight is 421 g/mol. The van der Waals surface area contributed by atoms with Crippen LogP contribution in [0.25, 0.3) is 11.0 Å². The molecule has 4 heterocycles. The summed E-state index contributed by atoms with van der Waals surface area (Å²) in [5.74, 6) is -0.690. The van der Waals surface area contributed by atoms with Crippen molar-refractivity contribution in [2.24, 2.45) is 0 Å². The number of halogens is 2. The average Bonchev–Trinajstić information content (AvgIpc) is 3.25. The summed E-state index contributed by atoms with van der Waals surface area (Å²) in [6.07, 6.45) is 3.96. The normalized spacial score (nSPS) is 28.7. The van der Waals surface area contributed by atoms with E-state index in [0.717, 1.165) is 17.4 Å². The number of rotatable bonds is 2. The van der Waals surface area contributed by atoms with Gasteiger partial charge in [0.1, 0.15) is 16.9 Å². The van der Waals surface area contributed by atoms with Crippen molar-refractivity contribution in [2.75, 3.05) is 0 Å². The van der Waals surface area contributed by atoms with Crippen molar-refractivity contribution < 1.29 is 9.47 Å². The smallest absolute Gasteiger partial charge is 0.248 e.